The second-order valence-electron chi connectivity index (χ2n) is 6.17. The summed E-state index contributed by atoms with van der Waals surface area (Å²) in [5.41, 5.74) is 4.27. The van der Waals surface area contributed by atoms with Crippen LogP contribution in [0.4, 0.5) is 17.2 Å². The van der Waals surface area contributed by atoms with Crippen LogP contribution < -0.4 is 10.6 Å². The van der Waals surface area contributed by atoms with Crippen molar-refractivity contribution in [2.24, 2.45) is 0 Å². The number of aryl methyl sites for hydroxylation is 2. The molecule has 134 valence electrons. The van der Waals surface area contributed by atoms with Gasteiger partial charge in [-0.05, 0) is 50.1 Å². The molecule has 0 fully saturated rings. The summed E-state index contributed by atoms with van der Waals surface area (Å²) in [6, 6.07) is 16.5. The standard InChI is InChI=1S/C21H19N5O/c1-13-7-6-10-17(14(13)2)25-20-11-19(23-15(3)24-20)21(27)26-18-9-5-4-8-16(18)12-22/h4-11H,1-3H3,(H,26,27)(H,23,24,25). The lowest BCUT2D eigenvalue weighted by atomic mass is 10.1. The van der Waals surface area contributed by atoms with E-state index in [9.17, 15) is 4.79 Å². The van der Waals surface area contributed by atoms with Crippen LogP contribution in [-0.4, -0.2) is 15.9 Å². The van der Waals surface area contributed by atoms with Crippen molar-refractivity contribution >= 4 is 23.1 Å². The van der Waals surface area contributed by atoms with Crippen LogP contribution in [0.5, 0.6) is 0 Å². The molecule has 6 nitrogen and oxygen atoms in total. The molecule has 0 spiro atoms. The zero-order chi connectivity index (χ0) is 19.4. The maximum absolute atomic E-state index is 12.6. The van der Waals surface area contributed by atoms with E-state index in [2.05, 4.69) is 26.7 Å². The summed E-state index contributed by atoms with van der Waals surface area (Å²) >= 11 is 0. The number of carbonyl (C=O) groups excluding carboxylic acids is 1. The van der Waals surface area contributed by atoms with Crippen LogP contribution in [0, 0.1) is 32.1 Å². The Morgan fingerprint density at radius 1 is 1.00 bits per heavy atom. The molecular formula is C21H19N5O. The molecule has 1 heterocycles. The number of nitriles is 1. The largest absolute Gasteiger partial charge is 0.340 e. The van der Waals surface area contributed by atoms with E-state index < -0.39 is 5.91 Å². The smallest absolute Gasteiger partial charge is 0.274 e. The van der Waals surface area contributed by atoms with E-state index >= 15 is 0 Å². The fourth-order valence-electron chi connectivity index (χ4n) is 2.65. The van der Waals surface area contributed by atoms with Crippen molar-refractivity contribution < 1.29 is 4.79 Å². The Morgan fingerprint density at radius 3 is 2.52 bits per heavy atom. The van der Waals surface area contributed by atoms with Gasteiger partial charge in [0.15, 0.2) is 0 Å². The third kappa shape index (κ3) is 4.10. The number of carbonyl (C=O) groups is 1. The molecule has 0 aliphatic heterocycles. The summed E-state index contributed by atoms with van der Waals surface area (Å²) in [5.74, 6) is 0.617. The maximum Gasteiger partial charge on any atom is 0.274 e. The molecule has 0 aliphatic carbocycles. The lowest BCUT2D eigenvalue weighted by Crippen LogP contribution is -2.16. The monoisotopic (exact) mass is 357 g/mol. The first-order valence-electron chi connectivity index (χ1n) is 8.47. The Hall–Kier alpha value is -3.72. The number of rotatable bonds is 4. The van der Waals surface area contributed by atoms with E-state index in [1.807, 2.05) is 32.0 Å². The number of para-hydroxylation sites is 1. The second-order valence-corrected chi connectivity index (χ2v) is 6.17. The number of hydrogen-bond acceptors (Lipinski definition) is 5. The SMILES string of the molecule is Cc1nc(Nc2cccc(C)c2C)cc(C(=O)Nc2ccccc2C#N)n1. The molecule has 0 aliphatic rings. The number of anilines is 3. The Labute approximate surface area is 157 Å². The molecule has 1 amide bonds. The number of amides is 1. The van der Waals surface area contributed by atoms with Crippen LogP contribution in [0.15, 0.2) is 48.5 Å². The van der Waals surface area contributed by atoms with Gasteiger partial charge in [-0.25, -0.2) is 9.97 Å². The molecule has 3 rings (SSSR count). The molecule has 2 N–H and O–H groups in total. The summed E-state index contributed by atoms with van der Waals surface area (Å²) in [6.45, 7) is 5.80. The molecule has 0 saturated heterocycles. The minimum atomic E-state index is -0.396. The first-order valence-corrected chi connectivity index (χ1v) is 8.47. The average Bonchev–Trinajstić information content (AvgIpc) is 2.65. The summed E-state index contributed by atoms with van der Waals surface area (Å²) < 4.78 is 0. The zero-order valence-corrected chi connectivity index (χ0v) is 15.4. The van der Waals surface area contributed by atoms with Crippen molar-refractivity contribution in [3.63, 3.8) is 0 Å². The van der Waals surface area contributed by atoms with Gasteiger partial charge in [-0.15, -0.1) is 0 Å². The molecule has 0 radical (unpaired) electrons. The number of hydrogen-bond donors (Lipinski definition) is 2. The van der Waals surface area contributed by atoms with Crippen molar-refractivity contribution in [1.29, 1.82) is 5.26 Å². The van der Waals surface area contributed by atoms with Crippen molar-refractivity contribution in [2.45, 2.75) is 20.8 Å². The van der Waals surface area contributed by atoms with Gasteiger partial charge in [0.1, 0.15) is 23.4 Å². The molecule has 1 aromatic heterocycles. The van der Waals surface area contributed by atoms with E-state index in [1.54, 1.807) is 37.3 Å². The highest BCUT2D eigenvalue weighted by molar-refractivity contribution is 6.04. The number of aromatic nitrogens is 2. The van der Waals surface area contributed by atoms with Gasteiger partial charge in [-0.1, -0.05) is 24.3 Å². The third-order valence-electron chi connectivity index (χ3n) is 4.23. The highest BCUT2D eigenvalue weighted by atomic mass is 16.1. The van der Waals surface area contributed by atoms with Crippen LogP contribution >= 0.6 is 0 Å². The summed E-state index contributed by atoms with van der Waals surface area (Å²) in [6.07, 6.45) is 0. The fraction of sp³-hybridized carbons (Fsp3) is 0.143. The van der Waals surface area contributed by atoms with Crippen LogP contribution in [0.2, 0.25) is 0 Å². The minimum Gasteiger partial charge on any atom is -0.340 e. The van der Waals surface area contributed by atoms with E-state index in [0.29, 0.717) is 22.9 Å². The topological polar surface area (TPSA) is 90.7 Å². The average molecular weight is 357 g/mol. The van der Waals surface area contributed by atoms with Gasteiger partial charge in [0.25, 0.3) is 5.91 Å². The molecule has 0 atom stereocenters. The lowest BCUT2D eigenvalue weighted by molar-refractivity contribution is 0.102. The molecule has 0 bridgehead atoms. The van der Waals surface area contributed by atoms with E-state index in [1.165, 1.54) is 0 Å². The molecule has 27 heavy (non-hydrogen) atoms. The predicted molar refractivity (Wildman–Crippen MR) is 105 cm³/mol. The van der Waals surface area contributed by atoms with Gasteiger partial charge < -0.3 is 10.6 Å². The molecule has 2 aromatic carbocycles. The minimum absolute atomic E-state index is 0.225. The quantitative estimate of drug-likeness (QED) is 0.728. The highest BCUT2D eigenvalue weighted by Gasteiger charge is 2.13. The zero-order valence-electron chi connectivity index (χ0n) is 15.4. The van der Waals surface area contributed by atoms with Gasteiger partial charge in [0.05, 0.1) is 11.3 Å². The summed E-state index contributed by atoms with van der Waals surface area (Å²) in [7, 11) is 0. The first kappa shape index (κ1) is 18.1. The van der Waals surface area contributed by atoms with Gasteiger partial charge in [-0.2, -0.15) is 5.26 Å². The highest BCUT2D eigenvalue weighted by Crippen LogP contribution is 2.22. The van der Waals surface area contributed by atoms with Crippen LogP contribution in [-0.2, 0) is 0 Å². The number of nitrogens with zero attached hydrogens (tertiary/aromatic N) is 3. The fourth-order valence-corrected chi connectivity index (χ4v) is 2.65. The van der Waals surface area contributed by atoms with Crippen molar-refractivity contribution in [1.82, 2.24) is 9.97 Å². The van der Waals surface area contributed by atoms with Crippen molar-refractivity contribution in [3.8, 4) is 6.07 Å². The Morgan fingerprint density at radius 2 is 1.74 bits per heavy atom. The van der Waals surface area contributed by atoms with Crippen molar-refractivity contribution in [3.05, 3.63) is 76.7 Å². The van der Waals surface area contributed by atoms with Crippen LogP contribution in [0.25, 0.3) is 0 Å². The molecule has 6 heteroatoms. The molecule has 0 saturated carbocycles. The van der Waals surface area contributed by atoms with E-state index in [-0.39, 0.29) is 5.69 Å². The lowest BCUT2D eigenvalue weighted by Gasteiger charge is -2.12. The second kappa shape index (κ2) is 7.67. The summed E-state index contributed by atoms with van der Waals surface area (Å²) in [4.78, 5) is 21.2. The van der Waals surface area contributed by atoms with Crippen LogP contribution in [0.3, 0.4) is 0 Å². The van der Waals surface area contributed by atoms with Gasteiger partial charge in [-0.3, -0.25) is 4.79 Å². The molecule has 3 aromatic rings. The molecular weight excluding hydrogens is 338 g/mol. The van der Waals surface area contributed by atoms with Gasteiger partial charge in [0, 0.05) is 11.8 Å². The normalized spacial score (nSPS) is 10.1. The number of nitrogens with one attached hydrogen (secondary N) is 2. The van der Waals surface area contributed by atoms with Crippen molar-refractivity contribution in [2.75, 3.05) is 10.6 Å². The van der Waals surface area contributed by atoms with Gasteiger partial charge in [0.2, 0.25) is 0 Å². The number of benzene rings is 2. The predicted octanol–water partition coefficient (Wildman–Crippen LogP) is 4.27. The van der Waals surface area contributed by atoms with Crippen LogP contribution in [0.1, 0.15) is 33.0 Å². The third-order valence-corrected chi connectivity index (χ3v) is 4.23. The van der Waals surface area contributed by atoms with E-state index in [4.69, 9.17) is 5.26 Å². The van der Waals surface area contributed by atoms with E-state index in [0.717, 1.165) is 16.8 Å². The van der Waals surface area contributed by atoms with Gasteiger partial charge >= 0.3 is 0 Å². The Balaban J connectivity index is 1.88. The first-order chi connectivity index (χ1) is 13.0. The molecule has 0 unspecified atom stereocenters. The summed E-state index contributed by atoms with van der Waals surface area (Å²) in [5, 5.41) is 15.2. The Bertz CT molecular complexity index is 1050. The Kier molecular flexibility index (Phi) is 5.13. The maximum atomic E-state index is 12.6.